The number of ether oxygens (including phenoxy) is 2. The van der Waals surface area contributed by atoms with Gasteiger partial charge < -0.3 is 14.8 Å². The summed E-state index contributed by atoms with van der Waals surface area (Å²) >= 11 is 0. The summed E-state index contributed by atoms with van der Waals surface area (Å²) in [6.07, 6.45) is 5.18. The van der Waals surface area contributed by atoms with Crippen LogP contribution >= 0.6 is 0 Å². The molecule has 0 aromatic carbocycles. The summed E-state index contributed by atoms with van der Waals surface area (Å²) in [5.41, 5.74) is 0.857. The zero-order chi connectivity index (χ0) is 14.4. The molecule has 0 atom stereocenters. The van der Waals surface area contributed by atoms with Crippen molar-refractivity contribution in [3.8, 4) is 5.88 Å². The van der Waals surface area contributed by atoms with E-state index >= 15 is 0 Å². The molecule has 108 valence electrons. The fourth-order valence-corrected chi connectivity index (χ4v) is 1.60. The number of aromatic nitrogens is 4. The van der Waals surface area contributed by atoms with Crippen molar-refractivity contribution in [1.82, 2.24) is 19.7 Å². The van der Waals surface area contributed by atoms with Gasteiger partial charge in [0.25, 0.3) is 0 Å². The first-order chi connectivity index (χ1) is 9.67. The molecule has 2 aromatic heterocycles. The molecule has 0 amide bonds. The molecule has 0 unspecified atom stereocenters. The van der Waals surface area contributed by atoms with Gasteiger partial charge in [-0.15, -0.1) is 0 Å². The minimum absolute atomic E-state index is 0.0783. The van der Waals surface area contributed by atoms with Crippen LogP contribution in [0.5, 0.6) is 5.88 Å². The van der Waals surface area contributed by atoms with E-state index in [9.17, 15) is 0 Å². The van der Waals surface area contributed by atoms with Crippen LogP contribution in [-0.4, -0.2) is 39.6 Å². The van der Waals surface area contributed by atoms with Gasteiger partial charge >= 0.3 is 0 Å². The molecular formula is C13H19N5O2. The van der Waals surface area contributed by atoms with Gasteiger partial charge in [0, 0.05) is 19.4 Å². The summed E-state index contributed by atoms with van der Waals surface area (Å²) in [7, 11) is 1.67. The third-order valence-electron chi connectivity index (χ3n) is 2.43. The fraction of sp³-hybridized carbons (Fsp3) is 0.462. The number of hydrogen-bond donors (Lipinski definition) is 1. The lowest BCUT2D eigenvalue weighted by molar-refractivity contribution is 0.183. The summed E-state index contributed by atoms with van der Waals surface area (Å²) in [5.74, 6) is 1.21. The number of hydrogen-bond acceptors (Lipinski definition) is 6. The van der Waals surface area contributed by atoms with E-state index in [1.165, 1.54) is 6.33 Å². The molecule has 0 aliphatic carbocycles. The van der Waals surface area contributed by atoms with E-state index in [4.69, 9.17) is 9.47 Å². The van der Waals surface area contributed by atoms with Crippen molar-refractivity contribution >= 4 is 11.5 Å². The zero-order valence-electron chi connectivity index (χ0n) is 11.9. The molecule has 0 fully saturated rings. The van der Waals surface area contributed by atoms with E-state index in [2.05, 4.69) is 20.4 Å². The first-order valence-electron chi connectivity index (χ1n) is 6.44. The van der Waals surface area contributed by atoms with Crippen molar-refractivity contribution in [2.75, 3.05) is 19.0 Å². The summed E-state index contributed by atoms with van der Waals surface area (Å²) in [6.45, 7) is 5.24. The Balaban J connectivity index is 2.00. The van der Waals surface area contributed by atoms with Gasteiger partial charge in [-0.25, -0.2) is 9.97 Å². The van der Waals surface area contributed by atoms with E-state index in [0.717, 1.165) is 5.69 Å². The van der Waals surface area contributed by atoms with Gasteiger partial charge in [0.15, 0.2) is 0 Å². The summed E-state index contributed by atoms with van der Waals surface area (Å²) in [6, 6.07) is 1.76. The molecule has 2 heterocycles. The standard InChI is InChI=1S/C13H19N5O2/c1-10(2)20-13-6-12(14-9-15-13)17-11-7-16-18(8-11)4-5-19-3/h6-10H,4-5H2,1-3H3,(H,14,15,17). The molecule has 7 nitrogen and oxygen atoms in total. The molecule has 0 aliphatic heterocycles. The summed E-state index contributed by atoms with van der Waals surface area (Å²) in [5, 5.41) is 7.38. The van der Waals surface area contributed by atoms with Gasteiger partial charge in [-0.1, -0.05) is 0 Å². The second kappa shape index (κ2) is 6.85. The van der Waals surface area contributed by atoms with Crippen LogP contribution in [0, 0.1) is 0 Å². The van der Waals surface area contributed by atoms with Crippen LogP contribution in [0.15, 0.2) is 24.8 Å². The second-order valence-electron chi connectivity index (χ2n) is 4.52. The highest BCUT2D eigenvalue weighted by atomic mass is 16.5. The lowest BCUT2D eigenvalue weighted by Crippen LogP contribution is -2.07. The number of nitrogens with zero attached hydrogens (tertiary/aromatic N) is 4. The predicted octanol–water partition coefficient (Wildman–Crippen LogP) is 1.85. The van der Waals surface area contributed by atoms with Crippen molar-refractivity contribution in [2.45, 2.75) is 26.5 Å². The lowest BCUT2D eigenvalue weighted by Gasteiger charge is -2.09. The molecule has 0 spiro atoms. The normalized spacial score (nSPS) is 10.8. The minimum atomic E-state index is 0.0783. The molecule has 0 radical (unpaired) electrons. The van der Waals surface area contributed by atoms with Crippen molar-refractivity contribution in [3.05, 3.63) is 24.8 Å². The first kappa shape index (κ1) is 14.3. The zero-order valence-corrected chi connectivity index (χ0v) is 11.9. The molecule has 20 heavy (non-hydrogen) atoms. The molecule has 0 aliphatic rings. The third-order valence-corrected chi connectivity index (χ3v) is 2.43. The van der Waals surface area contributed by atoms with E-state index in [0.29, 0.717) is 24.8 Å². The van der Waals surface area contributed by atoms with Crippen molar-refractivity contribution in [3.63, 3.8) is 0 Å². The smallest absolute Gasteiger partial charge is 0.218 e. The Morgan fingerprint density at radius 1 is 1.35 bits per heavy atom. The van der Waals surface area contributed by atoms with Gasteiger partial charge in [0.05, 0.1) is 31.1 Å². The van der Waals surface area contributed by atoms with Crippen LogP contribution in [0.3, 0.4) is 0 Å². The van der Waals surface area contributed by atoms with Crippen molar-refractivity contribution in [2.24, 2.45) is 0 Å². The number of methoxy groups -OCH3 is 1. The van der Waals surface area contributed by atoms with Crippen LogP contribution in [-0.2, 0) is 11.3 Å². The van der Waals surface area contributed by atoms with Crippen molar-refractivity contribution in [1.29, 1.82) is 0 Å². The number of nitrogens with one attached hydrogen (secondary N) is 1. The van der Waals surface area contributed by atoms with E-state index in [1.54, 1.807) is 24.1 Å². The molecule has 7 heteroatoms. The number of anilines is 2. The Hall–Kier alpha value is -2.15. The highest BCUT2D eigenvalue weighted by Crippen LogP contribution is 2.17. The Bertz CT molecular complexity index is 541. The maximum absolute atomic E-state index is 5.52. The molecule has 2 rings (SSSR count). The topological polar surface area (TPSA) is 74.1 Å². The maximum atomic E-state index is 5.52. The molecule has 0 saturated carbocycles. The highest BCUT2D eigenvalue weighted by Gasteiger charge is 2.04. The van der Waals surface area contributed by atoms with Crippen LogP contribution in [0.1, 0.15) is 13.8 Å². The average molecular weight is 277 g/mol. The molecule has 1 N–H and O–H groups in total. The maximum Gasteiger partial charge on any atom is 0.218 e. The monoisotopic (exact) mass is 277 g/mol. The van der Waals surface area contributed by atoms with Crippen molar-refractivity contribution < 1.29 is 9.47 Å². The van der Waals surface area contributed by atoms with Gasteiger partial charge in [-0.05, 0) is 13.8 Å². The van der Waals surface area contributed by atoms with Crippen LogP contribution in [0.4, 0.5) is 11.5 Å². The largest absolute Gasteiger partial charge is 0.475 e. The second-order valence-corrected chi connectivity index (χ2v) is 4.52. The summed E-state index contributed by atoms with van der Waals surface area (Å²) in [4.78, 5) is 8.21. The SMILES string of the molecule is COCCn1cc(Nc2cc(OC(C)C)ncn2)cn1. The predicted molar refractivity (Wildman–Crippen MR) is 75.2 cm³/mol. The Kier molecular flexibility index (Phi) is 4.89. The van der Waals surface area contributed by atoms with Crippen LogP contribution < -0.4 is 10.1 Å². The average Bonchev–Trinajstić information content (AvgIpc) is 2.83. The fourth-order valence-electron chi connectivity index (χ4n) is 1.60. The van der Waals surface area contributed by atoms with E-state index in [1.807, 2.05) is 20.0 Å². The Morgan fingerprint density at radius 2 is 2.20 bits per heavy atom. The molecule has 2 aromatic rings. The molecule has 0 bridgehead atoms. The third kappa shape index (κ3) is 4.20. The summed E-state index contributed by atoms with van der Waals surface area (Å²) < 4.78 is 12.3. The highest BCUT2D eigenvalue weighted by molar-refractivity contribution is 5.54. The number of rotatable bonds is 7. The van der Waals surface area contributed by atoms with Crippen LogP contribution in [0.2, 0.25) is 0 Å². The first-order valence-corrected chi connectivity index (χ1v) is 6.44. The Morgan fingerprint density at radius 3 is 2.95 bits per heavy atom. The lowest BCUT2D eigenvalue weighted by atomic mass is 10.4. The molecular weight excluding hydrogens is 258 g/mol. The molecule has 0 saturated heterocycles. The van der Waals surface area contributed by atoms with E-state index < -0.39 is 0 Å². The van der Waals surface area contributed by atoms with Crippen LogP contribution in [0.25, 0.3) is 0 Å². The van der Waals surface area contributed by atoms with Gasteiger partial charge in [-0.2, -0.15) is 5.10 Å². The van der Waals surface area contributed by atoms with Gasteiger partial charge in [0.2, 0.25) is 5.88 Å². The quantitative estimate of drug-likeness (QED) is 0.832. The van der Waals surface area contributed by atoms with E-state index in [-0.39, 0.29) is 6.10 Å². The minimum Gasteiger partial charge on any atom is -0.475 e. The van der Waals surface area contributed by atoms with Gasteiger partial charge in [0.1, 0.15) is 12.1 Å². The van der Waals surface area contributed by atoms with Gasteiger partial charge in [-0.3, -0.25) is 4.68 Å². The Labute approximate surface area is 118 Å².